The molecule has 2 saturated carbocycles. The highest BCUT2D eigenvalue weighted by atomic mass is 16.5. The van der Waals surface area contributed by atoms with E-state index in [1.54, 1.807) is 6.92 Å². The average molecular weight is 264 g/mol. The number of ether oxygens (including phenoxy) is 2. The minimum atomic E-state index is -0.458. The molecule has 2 fully saturated rings. The molecular formula is C14H16O5. The van der Waals surface area contributed by atoms with Crippen molar-refractivity contribution in [2.24, 2.45) is 29.6 Å². The summed E-state index contributed by atoms with van der Waals surface area (Å²) in [6.07, 6.45) is 0.772. The Kier molecular flexibility index (Phi) is 2.56. The number of carbonyl (C=O) groups is 3. The fraction of sp³-hybridized carbons (Fsp3) is 0.643. The van der Waals surface area contributed by atoms with Crippen molar-refractivity contribution in [1.29, 1.82) is 0 Å². The first-order valence-corrected chi connectivity index (χ1v) is 6.44. The van der Waals surface area contributed by atoms with Crippen LogP contribution in [0.15, 0.2) is 11.1 Å². The number of hydrogen-bond donors (Lipinski definition) is 0. The second kappa shape index (κ2) is 3.92. The van der Waals surface area contributed by atoms with Crippen LogP contribution in [-0.2, 0) is 23.9 Å². The summed E-state index contributed by atoms with van der Waals surface area (Å²) >= 11 is 0. The van der Waals surface area contributed by atoms with E-state index in [0.717, 1.165) is 6.42 Å². The molecule has 102 valence electrons. The summed E-state index contributed by atoms with van der Waals surface area (Å²) < 4.78 is 9.57. The first-order valence-electron chi connectivity index (χ1n) is 6.44. The topological polar surface area (TPSA) is 69.7 Å². The Labute approximate surface area is 110 Å². The summed E-state index contributed by atoms with van der Waals surface area (Å²) in [5, 5.41) is 0. The molecule has 3 aliphatic rings. The zero-order valence-corrected chi connectivity index (χ0v) is 11.1. The summed E-state index contributed by atoms with van der Waals surface area (Å²) in [6, 6.07) is 0. The number of methoxy groups -OCH3 is 2. The Balaban J connectivity index is 1.99. The van der Waals surface area contributed by atoms with E-state index < -0.39 is 11.9 Å². The van der Waals surface area contributed by atoms with Gasteiger partial charge >= 0.3 is 11.9 Å². The van der Waals surface area contributed by atoms with Crippen LogP contribution < -0.4 is 0 Å². The van der Waals surface area contributed by atoms with E-state index in [9.17, 15) is 14.4 Å². The summed E-state index contributed by atoms with van der Waals surface area (Å²) in [4.78, 5) is 35.4. The van der Waals surface area contributed by atoms with E-state index >= 15 is 0 Å². The van der Waals surface area contributed by atoms with Crippen molar-refractivity contribution in [1.82, 2.24) is 0 Å². The van der Waals surface area contributed by atoms with Crippen molar-refractivity contribution in [2.75, 3.05) is 14.2 Å². The van der Waals surface area contributed by atoms with Crippen LogP contribution in [0.4, 0.5) is 0 Å². The third-order valence-electron chi connectivity index (χ3n) is 4.88. The molecule has 0 aromatic heterocycles. The highest BCUT2D eigenvalue weighted by Crippen LogP contribution is 2.71. The number of esters is 2. The molecule has 5 heteroatoms. The van der Waals surface area contributed by atoms with Gasteiger partial charge in [-0.3, -0.25) is 4.79 Å². The molecule has 5 nitrogen and oxygen atoms in total. The van der Waals surface area contributed by atoms with Gasteiger partial charge in [0, 0.05) is 5.92 Å². The maximum atomic E-state index is 11.9. The molecule has 5 atom stereocenters. The van der Waals surface area contributed by atoms with Crippen molar-refractivity contribution in [2.45, 2.75) is 13.3 Å². The fourth-order valence-corrected chi connectivity index (χ4v) is 4.29. The molecule has 0 heterocycles. The molecule has 0 aromatic rings. The Morgan fingerprint density at radius 3 is 1.68 bits per heavy atom. The molecule has 0 saturated heterocycles. The van der Waals surface area contributed by atoms with E-state index in [1.807, 2.05) is 0 Å². The lowest BCUT2D eigenvalue weighted by Crippen LogP contribution is -2.21. The van der Waals surface area contributed by atoms with Gasteiger partial charge in [-0.2, -0.15) is 0 Å². The van der Waals surface area contributed by atoms with Crippen molar-refractivity contribution in [3.05, 3.63) is 11.1 Å². The third-order valence-corrected chi connectivity index (χ3v) is 4.88. The highest BCUT2D eigenvalue weighted by Gasteiger charge is 2.70. The molecule has 0 amide bonds. The molecule has 1 unspecified atom stereocenters. The van der Waals surface area contributed by atoms with Gasteiger partial charge in [-0.15, -0.1) is 0 Å². The van der Waals surface area contributed by atoms with Crippen LogP contribution >= 0.6 is 0 Å². The number of Topliss-reactive ketones (excluding diaryl/α,β-unsaturated/α-hetero) is 1. The summed E-state index contributed by atoms with van der Waals surface area (Å²) in [5.41, 5.74) is 0.897. The lowest BCUT2D eigenvalue weighted by Gasteiger charge is -2.15. The predicted molar refractivity (Wildman–Crippen MR) is 63.8 cm³/mol. The van der Waals surface area contributed by atoms with Gasteiger partial charge in [0.05, 0.1) is 25.4 Å². The molecule has 0 aromatic carbocycles. The molecule has 0 radical (unpaired) electrons. The largest absolute Gasteiger partial charge is 0.466 e. The van der Waals surface area contributed by atoms with Gasteiger partial charge in [0.25, 0.3) is 0 Å². The predicted octanol–water partition coefficient (Wildman–Crippen LogP) is 0.730. The van der Waals surface area contributed by atoms with Crippen molar-refractivity contribution in [3.63, 3.8) is 0 Å². The molecule has 3 aliphatic carbocycles. The van der Waals surface area contributed by atoms with Gasteiger partial charge in [-0.25, -0.2) is 9.59 Å². The van der Waals surface area contributed by atoms with Crippen molar-refractivity contribution >= 4 is 17.7 Å². The van der Waals surface area contributed by atoms with Crippen LogP contribution in [0.1, 0.15) is 13.3 Å². The lowest BCUT2D eigenvalue weighted by molar-refractivity contribution is -0.140. The third kappa shape index (κ3) is 1.44. The fourth-order valence-electron chi connectivity index (χ4n) is 4.29. The quantitative estimate of drug-likeness (QED) is 0.703. The van der Waals surface area contributed by atoms with Crippen molar-refractivity contribution in [3.8, 4) is 0 Å². The van der Waals surface area contributed by atoms with E-state index in [0.29, 0.717) is 11.1 Å². The monoisotopic (exact) mass is 264 g/mol. The lowest BCUT2D eigenvalue weighted by atomic mass is 9.92. The second-order valence-electron chi connectivity index (χ2n) is 5.55. The molecular weight excluding hydrogens is 248 g/mol. The van der Waals surface area contributed by atoms with Gasteiger partial charge in [-0.1, -0.05) is 0 Å². The van der Waals surface area contributed by atoms with Gasteiger partial charge < -0.3 is 9.47 Å². The maximum absolute atomic E-state index is 11.9. The Morgan fingerprint density at radius 2 is 1.37 bits per heavy atom. The van der Waals surface area contributed by atoms with Gasteiger partial charge in [-0.05, 0) is 37.0 Å². The van der Waals surface area contributed by atoms with Crippen LogP contribution in [0, 0.1) is 29.6 Å². The van der Waals surface area contributed by atoms with Crippen LogP contribution in [0.25, 0.3) is 0 Å². The smallest absolute Gasteiger partial charge is 0.334 e. The molecule has 0 aliphatic heterocycles. The first kappa shape index (κ1) is 12.4. The van der Waals surface area contributed by atoms with E-state index in [-0.39, 0.29) is 35.4 Å². The van der Waals surface area contributed by atoms with Crippen LogP contribution in [-0.4, -0.2) is 31.9 Å². The second-order valence-corrected chi connectivity index (χ2v) is 5.55. The Morgan fingerprint density at radius 1 is 0.947 bits per heavy atom. The standard InChI is InChI=1S/C14H16O5/c1-5(15)8-9-6-4-7(10(8)9)12(14(17)19-3)11(6)13(16)18-2/h6-10H,4H2,1-3H3/t6-,7+,8?,9-,10+. The zero-order chi connectivity index (χ0) is 13.9. The van der Waals surface area contributed by atoms with Gasteiger partial charge in [0.1, 0.15) is 5.78 Å². The van der Waals surface area contributed by atoms with E-state index in [1.165, 1.54) is 14.2 Å². The van der Waals surface area contributed by atoms with Crippen molar-refractivity contribution < 1.29 is 23.9 Å². The van der Waals surface area contributed by atoms with Gasteiger partial charge in [0.15, 0.2) is 0 Å². The molecule has 3 rings (SSSR count). The highest BCUT2D eigenvalue weighted by molar-refractivity contribution is 6.03. The Bertz CT molecular complexity index is 480. The van der Waals surface area contributed by atoms with Gasteiger partial charge in [0.2, 0.25) is 0 Å². The summed E-state index contributed by atoms with van der Waals surface area (Å²) in [7, 11) is 2.62. The van der Waals surface area contributed by atoms with E-state index in [4.69, 9.17) is 9.47 Å². The number of fused-ring (bicyclic) bond motifs is 5. The first-order chi connectivity index (χ1) is 9.02. The normalized spacial score (nSPS) is 37.9. The molecule has 0 N–H and O–H groups in total. The minimum absolute atomic E-state index is 0.00515. The molecule has 19 heavy (non-hydrogen) atoms. The number of hydrogen-bond acceptors (Lipinski definition) is 5. The van der Waals surface area contributed by atoms with Crippen LogP contribution in [0.2, 0.25) is 0 Å². The number of rotatable bonds is 3. The number of ketones is 1. The number of carbonyl (C=O) groups excluding carboxylic acids is 3. The maximum Gasteiger partial charge on any atom is 0.334 e. The average Bonchev–Trinajstić information content (AvgIpc) is 2.92. The Hall–Kier alpha value is -1.65. The molecule has 2 bridgehead atoms. The van der Waals surface area contributed by atoms with Crippen LogP contribution in [0.3, 0.4) is 0 Å². The summed E-state index contributed by atoms with van der Waals surface area (Å²) in [6.45, 7) is 1.58. The van der Waals surface area contributed by atoms with Crippen LogP contribution in [0.5, 0.6) is 0 Å². The van der Waals surface area contributed by atoms with E-state index in [2.05, 4.69) is 0 Å². The summed E-state index contributed by atoms with van der Waals surface area (Å²) in [5.74, 6) is -0.322. The minimum Gasteiger partial charge on any atom is -0.466 e. The zero-order valence-electron chi connectivity index (χ0n) is 11.1. The molecule has 0 spiro atoms. The SMILES string of the molecule is COC(=O)C1=C(C(=O)OC)[C@@H]2C[C@H]1[C@H]1C(C(C)=O)[C@H]12.